The van der Waals surface area contributed by atoms with Gasteiger partial charge in [0.15, 0.2) is 0 Å². The van der Waals surface area contributed by atoms with E-state index in [1.165, 1.54) is 24.1 Å². The number of amides is 2. The van der Waals surface area contributed by atoms with Crippen molar-refractivity contribution >= 4 is 11.8 Å². The van der Waals surface area contributed by atoms with Crippen LogP contribution in [0.15, 0.2) is 48.5 Å². The van der Waals surface area contributed by atoms with E-state index < -0.39 is 29.4 Å². The van der Waals surface area contributed by atoms with E-state index in [1.54, 1.807) is 24.3 Å². The van der Waals surface area contributed by atoms with Gasteiger partial charge in [-0.3, -0.25) is 14.5 Å². The summed E-state index contributed by atoms with van der Waals surface area (Å²) in [5.74, 6) is -0.275. The molecule has 0 bridgehead atoms. The molecule has 1 saturated carbocycles. The van der Waals surface area contributed by atoms with Gasteiger partial charge in [0, 0.05) is 12.1 Å². The molecule has 2 aromatic rings. The standard InChI is InChI=1S/C25H27F3N2O4/c1-33-20-10-6-8-18(14-20)23(32)30-21(16-34-24(30)11-3-2-4-12-24)22(31)29-15-17-7-5-9-19(13-17)25(26,27)28/h5-10,13-14,21H,2-4,11-12,15-16H2,1H3,(H,29,31)/t21-/m1/s1. The number of carbonyl (C=O) groups is 2. The molecule has 0 unspecified atom stereocenters. The van der Waals surface area contributed by atoms with Crippen molar-refractivity contribution in [2.75, 3.05) is 13.7 Å². The van der Waals surface area contributed by atoms with Crippen LogP contribution in [-0.2, 0) is 22.3 Å². The van der Waals surface area contributed by atoms with Gasteiger partial charge in [-0.25, -0.2) is 0 Å². The summed E-state index contributed by atoms with van der Waals surface area (Å²) in [6, 6.07) is 10.6. The minimum Gasteiger partial charge on any atom is -0.497 e. The van der Waals surface area contributed by atoms with Gasteiger partial charge in [0.25, 0.3) is 5.91 Å². The van der Waals surface area contributed by atoms with Crippen molar-refractivity contribution in [3.63, 3.8) is 0 Å². The molecule has 4 rings (SSSR count). The van der Waals surface area contributed by atoms with Crippen molar-refractivity contribution in [1.82, 2.24) is 10.2 Å². The fourth-order valence-electron chi connectivity index (χ4n) is 4.73. The van der Waals surface area contributed by atoms with Crippen LogP contribution in [0.25, 0.3) is 0 Å². The Balaban J connectivity index is 1.55. The number of carbonyl (C=O) groups excluding carboxylic acids is 2. The molecule has 6 nitrogen and oxygen atoms in total. The van der Waals surface area contributed by atoms with Gasteiger partial charge in [0.2, 0.25) is 5.91 Å². The summed E-state index contributed by atoms with van der Waals surface area (Å²) in [5.41, 5.74) is -0.943. The fraction of sp³-hybridized carbons (Fsp3) is 0.440. The lowest BCUT2D eigenvalue weighted by atomic mass is 9.89. The van der Waals surface area contributed by atoms with Gasteiger partial charge in [0.1, 0.15) is 17.5 Å². The van der Waals surface area contributed by atoms with Gasteiger partial charge < -0.3 is 14.8 Å². The van der Waals surface area contributed by atoms with E-state index in [0.29, 0.717) is 29.7 Å². The predicted octanol–water partition coefficient (Wildman–Crippen LogP) is 4.53. The van der Waals surface area contributed by atoms with Gasteiger partial charge in [-0.15, -0.1) is 0 Å². The highest BCUT2D eigenvalue weighted by Gasteiger charge is 2.53. The third-order valence-electron chi connectivity index (χ3n) is 6.45. The van der Waals surface area contributed by atoms with Gasteiger partial charge in [-0.1, -0.05) is 24.6 Å². The molecule has 182 valence electrons. The summed E-state index contributed by atoms with van der Waals surface area (Å²) in [6.07, 6.45) is -0.438. The van der Waals surface area contributed by atoms with E-state index >= 15 is 0 Å². The van der Waals surface area contributed by atoms with Crippen molar-refractivity contribution in [2.24, 2.45) is 0 Å². The average Bonchev–Trinajstić information content (AvgIpc) is 3.20. The Labute approximate surface area is 196 Å². The lowest BCUT2D eigenvalue weighted by Gasteiger charge is -2.41. The summed E-state index contributed by atoms with van der Waals surface area (Å²) >= 11 is 0. The number of alkyl halides is 3. The van der Waals surface area contributed by atoms with Crippen LogP contribution in [0.5, 0.6) is 5.75 Å². The first-order valence-corrected chi connectivity index (χ1v) is 11.3. The third kappa shape index (κ3) is 4.89. The summed E-state index contributed by atoms with van der Waals surface area (Å²) in [7, 11) is 1.51. The first-order chi connectivity index (χ1) is 16.2. The van der Waals surface area contributed by atoms with Gasteiger partial charge in [-0.2, -0.15) is 13.2 Å². The second kappa shape index (κ2) is 9.66. The lowest BCUT2D eigenvalue weighted by molar-refractivity contribution is -0.137. The maximum Gasteiger partial charge on any atom is 0.416 e. The molecule has 2 amide bonds. The minimum atomic E-state index is -4.47. The van der Waals surface area contributed by atoms with E-state index in [9.17, 15) is 22.8 Å². The van der Waals surface area contributed by atoms with E-state index in [-0.39, 0.29) is 19.1 Å². The van der Waals surface area contributed by atoms with Crippen LogP contribution in [0.4, 0.5) is 13.2 Å². The number of hydrogen-bond acceptors (Lipinski definition) is 4. The molecule has 34 heavy (non-hydrogen) atoms. The highest BCUT2D eigenvalue weighted by atomic mass is 19.4. The Bertz CT molecular complexity index is 1050. The molecule has 2 fully saturated rings. The summed E-state index contributed by atoms with van der Waals surface area (Å²) in [6.45, 7) is -0.0580. The van der Waals surface area contributed by atoms with E-state index in [0.717, 1.165) is 31.4 Å². The Hall–Kier alpha value is -3.07. The van der Waals surface area contributed by atoms with Crippen molar-refractivity contribution in [2.45, 2.75) is 56.6 Å². The summed E-state index contributed by atoms with van der Waals surface area (Å²) in [4.78, 5) is 28.3. The monoisotopic (exact) mass is 476 g/mol. The van der Waals surface area contributed by atoms with Crippen LogP contribution in [0.1, 0.15) is 53.6 Å². The van der Waals surface area contributed by atoms with Gasteiger partial charge in [-0.05, 0) is 61.6 Å². The van der Waals surface area contributed by atoms with Crippen LogP contribution >= 0.6 is 0 Å². The van der Waals surface area contributed by atoms with Gasteiger partial charge in [0.05, 0.1) is 19.3 Å². The number of benzene rings is 2. The predicted molar refractivity (Wildman–Crippen MR) is 118 cm³/mol. The van der Waals surface area contributed by atoms with E-state index in [4.69, 9.17) is 9.47 Å². The molecular formula is C25H27F3N2O4. The Morgan fingerprint density at radius 3 is 2.56 bits per heavy atom. The molecule has 1 N–H and O–H groups in total. The number of nitrogens with zero attached hydrogens (tertiary/aromatic N) is 1. The second-order valence-corrected chi connectivity index (χ2v) is 8.66. The molecule has 2 aromatic carbocycles. The van der Waals surface area contributed by atoms with Crippen LogP contribution in [0.2, 0.25) is 0 Å². The number of halogens is 3. The molecule has 1 spiro atoms. The number of ether oxygens (including phenoxy) is 2. The highest BCUT2D eigenvalue weighted by molar-refractivity contribution is 5.98. The van der Waals surface area contributed by atoms with E-state index in [2.05, 4.69) is 5.32 Å². The minimum absolute atomic E-state index is 0.0319. The SMILES string of the molecule is COc1cccc(C(=O)N2[C@@H](C(=O)NCc3cccc(C(F)(F)F)c3)COC23CCCCC3)c1. The molecule has 1 atom stereocenters. The number of rotatable bonds is 5. The maximum atomic E-state index is 13.6. The molecule has 1 saturated heterocycles. The maximum absolute atomic E-state index is 13.6. The van der Waals surface area contributed by atoms with Crippen LogP contribution < -0.4 is 10.1 Å². The van der Waals surface area contributed by atoms with Crippen molar-refractivity contribution in [3.8, 4) is 5.75 Å². The van der Waals surface area contributed by atoms with Crippen LogP contribution in [0.3, 0.4) is 0 Å². The fourth-order valence-corrected chi connectivity index (χ4v) is 4.73. The van der Waals surface area contributed by atoms with E-state index in [1.807, 2.05) is 0 Å². The smallest absolute Gasteiger partial charge is 0.416 e. The topological polar surface area (TPSA) is 67.9 Å². The first-order valence-electron chi connectivity index (χ1n) is 11.3. The zero-order valence-corrected chi connectivity index (χ0v) is 18.9. The Morgan fingerprint density at radius 2 is 1.85 bits per heavy atom. The van der Waals surface area contributed by atoms with Crippen molar-refractivity contribution < 1.29 is 32.2 Å². The normalized spacial score (nSPS) is 19.8. The molecule has 0 aromatic heterocycles. The lowest BCUT2D eigenvalue weighted by Crippen LogP contribution is -2.56. The van der Waals surface area contributed by atoms with Crippen molar-refractivity contribution in [1.29, 1.82) is 0 Å². The zero-order valence-electron chi connectivity index (χ0n) is 18.9. The molecule has 2 aliphatic rings. The summed E-state index contributed by atoms with van der Waals surface area (Å²) in [5, 5.41) is 2.70. The molecule has 0 radical (unpaired) electrons. The van der Waals surface area contributed by atoms with Gasteiger partial charge >= 0.3 is 6.18 Å². The first kappa shape index (κ1) is 24.1. The molecule has 1 heterocycles. The number of hydrogen-bond donors (Lipinski definition) is 1. The molecule has 9 heteroatoms. The molecular weight excluding hydrogens is 449 g/mol. The highest BCUT2D eigenvalue weighted by Crippen LogP contribution is 2.41. The Kier molecular flexibility index (Phi) is 6.84. The quantitative estimate of drug-likeness (QED) is 0.689. The third-order valence-corrected chi connectivity index (χ3v) is 6.45. The largest absolute Gasteiger partial charge is 0.497 e. The molecule has 1 aliphatic carbocycles. The second-order valence-electron chi connectivity index (χ2n) is 8.66. The van der Waals surface area contributed by atoms with Crippen LogP contribution in [0, 0.1) is 0 Å². The number of methoxy groups -OCH3 is 1. The number of nitrogens with one attached hydrogen (secondary N) is 1. The summed E-state index contributed by atoms with van der Waals surface area (Å²) < 4.78 is 50.4. The van der Waals surface area contributed by atoms with Crippen LogP contribution in [-0.4, -0.2) is 42.2 Å². The molecule has 1 aliphatic heterocycles. The zero-order chi connectivity index (χ0) is 24.3. The van der Waals surface area contributed by atoms with Crippen molar-refractivity contribution in [3.05, 3.63) is 65.2 Å². The Morgan fingerprint density at radius 1 is 1.12 bits per heavy atom. The average molecular weight is 476 g/mol.